The molecule has 0 aliphatic carbocycles. The second-order valence-corrected chi connectivity index (χ2v) is 6.73. The van der Waals surface area contributed by atoms with Crippen LogP contribution in [0.3, 0.4) is 0 Å². The van der Waals surface area contributed by atoms with E-state index in [1.54, 1.807) is 13.8 Å². The summed E-state index contributed by atoms with van der Waals surface area (Å²) in [7, 11) is 0. The second-order valence-electron chi connectivity index (χ2n) is 6.73. The van der Waals surface area contributed by atoms with E-state index in [0.717, 1.165) is 32.7 Å². The molecule has 1 atom stereocenters. The normalized spacial score (nSPS) is 17.4. The van der Waals surface area contributed by atoms with Crippen molar-refractivity contribution < 1.29 is 4.79 Å². The molecule has 1 saturated heterocycles. The van der Waals surface area contributed by atoms with Gasteiger partial charge in [-0.2, -0.15) is 5.26 Å². The summed E-state index contributed by atoms with van der Waals surface area (Å²) < 4.78 is 0. The molecule has 1 amide bonds. The fourth-order valence-electron chi connectivity index (χ4n) is 2.72. The Morgan fingerprint density at radius 1 is 1.26 bits per heavy atom. The molecule has 124 valence electrons. The minimum Gasteiger partial charge on any atom is -0.369 e. The van der Waals surface area contributed by atoms with Crippen molar-refractivity contribution >= 4 is 11.6 Å². The first kappa shape index (κ1) is 17.3. The molecule has 1 heterocycles. The summed E-state index contributed by atoms with van der Waals surface area (Å²) in [6, 6.07) is 12.5. The first-order chi connectivity index (χ1) is 10.9. The van der Waals surface area contributed by atoms with Crippen LogP contribution in [0.15, 0.2) is 30.3 Å². The SMILES string of the molecule is CC(CN1CCN(c2ccccc2)CC1)NC(=O)C(C)(C)C#N. The van der Waals surface area contributed by atoms with Crippen LogP contribution in [0.4, 0.5) is 5.69 Å². The number of carbonyl (C=O) groups is 1. The van der Waals surface area contributed by atoms with Gasteiger partial charge in [0.1, 0.15) is 5.41 Å². The molecule has 1 N–H and O–H groups in total. The quantitative estimate of drug-likeness (QED) is 0.901. The highest BCUT2D eigenvalue weighted by Gasteiger charge is 2.28. The fraction of sp³-hybridized carbons (Fsp3) is 0.556. The molecule has 1 aromatic carbocycles. The Morgan fingerprint density at radius 2 is 1.87 bits per heavy atom. The zero-order valence-electron chi connectivity index (χ0n) is 14.2. The Labute approximate surface area is 138 Å². The Kier molecular flexibility index (Phi) is 5.62. The van der Waals surface area contributed by atoms with Gasteiger partial charge in [0.25, 0.3) is 0 Å². The Balaban J connectivity index is 1.78. The van der Waals surface area contributed by atoms with E-state index in [2.05, 4.69) is 39.4 Å². The molecule has 5 heteroatoms. The largest absolute Gasteiger partial charge is 0.369 e. The molecular formula is C18H26N4O. The number of anilines is 1. The molecule has 0 radical (unpaired) electrons. The van der Waals surface area contributed by atoms with Crippen molar-refractivity contribution in [2.24, 2.45) is 5.41 Å². The lowest BCUT2D eigenvalue weighted by Gasteiger charge is -2.37. The van der Waals surface area contributed by atoms with Gasteiger partial charge in [-0.25, -0.2) is 0 Å². The van der Waals surface area contributed by atoms with Gasteiger partial charge >= 0.3 is 0 Å². The maximum absolute atomic E-state index is 12.0. The van der Waals surface area contributed by atoms with Gasteiger partial charge in [-0.15, -0.1) is 0 Å². The average molecular weight is 314 g/mol. The van der Waals surface area contributed by atoms with Crippen molar-refractivity contribution in [2.45, 2.75) is 26.8 Å². The number of carbonyl (C=O) groups excluding carboxylic acids is 1. The number of hydrogen-bond donors (Lipinski definition) is 1. The maximum Gasteiger partial charge on any atom is 0.240 e. The minimum atomic E-state index is -0.972. The number of amides is 1. The minimum absolute atomic E-state index is 0.0402. The van der Waals surface area contributed by atoms with Gasteiger partial charge in [0.15, 0.2) is 0 Å². The molecule has 0 aromatic heterocycles. The fourth-order valence-corrected chi connectivity index (χ4v) is 2.72. The molecule has 1 aliphatic rings. The van der Waals surface area contributed by atoms with Crippen LogP contribution in [-0.2, 0) is 4.79 Å². The van der Waals surface area contributed by atoms with E-state index in [9.17, 15) is 4.79 Å². The van der Waals surface area contributed by atoms with Crippen LogP contribution in [0.1, 0.15) is 20.8 Å². The van der Waals surface area contributed by atoms with Crippen LogP contribution in [0, 0.1) is 16.7 Å². The number of hydrogen-bond acceptors (Lipinski definition) is 4. The first-order valence-corrected chi connectivity index (χ1v) is 8.17. The second kappa shape index (κ2) is 7.47. The topological polar surface area (TPSA) is 59.4 Å². The smallest absolute Gasteiger partial charge is 0.240 e. The van der Waals surface area contributed by atoms with Crippen LogP contribution in [0.5, 0.6) is 0 Å². The predicted octanol–water partition coefficient (Wildman–Crippen LogP) is 1.86. The molecule has 0 bridgehead atoms. The number of nitrogens with one attached hydrogen (secondary N) is 1. The van der Waals surface area contributed by atoms with Crippen LogP contribution >= 0.6 is 0 Å². The molecule has 23 heavy (non-hydrogen) atoms. The number of benzene rings is 1. The molecule has 1 aromatic rings. The van der Waals surface area contributed by atoms with E-state index < -0.39 is 5.41 Å². The molecule has 5 nitrogen and oxygen atoms in total. The summed E-state index contributed by atoms with van der Waals surface area (Å²) in [5.41, 5.74) is 0.296. The van der Waals surface area contributed by atoms with Crippen molar-refractivity contribution in [3.8, 4) is 6.07 Å². The van der Waals surface area contributed by atoms with E-state index in [1.807, 2.05) is 19.1 Å². The van der Waals surface area contributed by atoms with Gasteiger partial charge < -0.3 is 10.2 Å². The predicted molar refractivity (Wildman–Crippen MR) is 92.1 cm³/mol. The van der Waals surface area contributed by atoms with Crippen molar-refractivity contribution in [1.82, 2.24) is 10.2 Å². The highest BCUT2D eigenvalue weighted by Crippen LogP contribution is 2.16. The van der Waals surface area contributed by atoms with Crippen molar-refractivity contribution in [3.63, 3.8) is 0 Å². The summed E-state index contributed by atoms with van der Waals surface area (Å²) >= 11 is 0. The Morgan fingerprint density at radius 3 is 2.43 bits per heavy atom. The van der Waals surface area contributed by atoms with E-state index in [4.69, 9.17) is 5.26 Å². The molecule has 2 rings (SSSR count). The standard InChI is InChI=1S/C18H26N4O/c1-15(20-17(23)18(2,3)14-19)13-21-9-11-22(12-10-21)16-7-5-4-6-8-16/h4-8,15H,9-13H2,1-3H3,(H,20,23). The summed E-state index contributed by atoms with van der Waals surface area (Å²) in [6.07, 6.45) is 0. The zero-order chi connectivity index (χ0) is 16.9. The van der Waals surface area contributed by atoms with Gasteiger partial charge in [0.2, 0.25) is 5.91 Å². The number of nitriles is 1. The number of rotatable bonds is 5. The summed E-state index contributed by atoms with van der Waals surface area (Å²) in [5, 5.41) is 12.0. The summed E-state index contributed by atoms with van der Waals surface area (Å²) in [5.74, 6) is -0.199. The van der Waals surface area contributed by atoms with E-state index in [1.165, 1.54) is 5.69 Å². The van der Waals surface area contributed by atoms with Crippen LogP contribution < -0.4 is 10.2 Å². The van der Waals surface area contributed by atoms with Crippen LogP contribution in [-0.4, -0.2) is 49.6 Å². The Bertz CT molecular complexity index is 556. The monoisotopic (exact) mass is 314 g/mol. The highest BCUT2D eigenvalue weighted by molar-refractivity contribution is 5.84. The van der Waals surface area contributed by atoms with Gasteiger partial charge in [-0.05, 0) is 32.9 Å². The lowest BCUT2D eigenvalue weighted by molar-refractivity contribution is -0.127. The molecular weight excluding hydrogens is 288 g/mol. The Hall–Kier alpha value is -2.06. The molecule has 1 unspecified atom stereocenters. The lowest BCUT2D eigenvalue weighted by atomic mass is 9.94. The third-order valence-electron chi connectivity index (χ3n) is 4.25. The summed E-state index contributed by atoms with van der Waals surface area (Å²) in [6.45, 7) is 10.1. The maximum atomic E-state index is 12.0. The molecule has 0 spiro atoms. The highest BCUT2D eigenvalue weighted by atomic mass is 16.2. The van der Waals surface area contributed by atoms with Crippen molar-refractivity contribution in [1.29, 1.82) is 5.26 Å². The van der Waals surface area contributed by atoms with Gasteiger partial charge in [-0.1, -0.05) is 18.2 Å². The van der Waals surface area contributed by atoms with Gasteiger partial charge in [0, 0.05) is 44.5 Å². The van der Waals surface area contributed by atoms with E-state index in [0.29, 0.717) is 0 Å². The van der Waals surface area contributed by atoms with Crippen molar-refractivity contribution in [2.75, 3.05) is 37.6 Å². The first-order valence-electron chi connectivity index (χ1n) is 8.17. The van der Waals surface area contributed by atoms with Gasteiger partial charge in [0.05, 0.1) is 6.07 Å². The van der Waals surface area contributed by atoms with Gasteiger partial charge in [-0.3, -0.25) is 9.69 Å². The third-order valence-corrected chi connectivity index (χ3v) is 4.25. The lowest BCUT2D eigenvalue weighted by Crippen LogP contribution is -2.52. The molecule has 1 aliphatic heterocycles. The average Bonchev–Trinajstić information content (AvgIpc) is 2.56. The van der Waals surface area contributed by atoms with E-state index in [-0.39, 0.29) is 11.9 Å². The number of nitrogens with zero attached hydrogens (tertiary/aromatic N) is 3. The van der Waals surface area contributed by atoms with Crippen LogP contribution in [0.2, 0.25) is 0 Å². The molecule has 0 saturated carbocycles. The molecule has 1 fully saturated rings. The number of piperazine rings is 1. The zero-order valence-corrected chi connectivity index (χ0v) is 14.2. The third kappa shape index (κ3) is 4.70. The summed E-state index contributed by atoms with van der Waals surface area (Å²) in [4.78, 5) is 16.8. The van der Waals surface area contributed by atoms with Crippen LogP contribution in [0.25, 0.3) is 0 Å². The van der Waals surface area contributed by atoms with E-state index >= 15 is 0 Å². The van der Waals surface area contributed by atoms with Crippen molar-refractivity contribution in [3.05, 3.63) is 30.3 Å². The number of para-hydroxylation sites is 1.